The Labute approximate surface area is 169 Å². The molecule has 0 spiro atoms. The van der Waals surface area contributed by atoms with Crippen molar-refractivity contribution < 1.29 is 58.5 Å². The fourth-order valence-corrected chi connectivity index (χ4v) is 1.88. The summed E-state index contributed by atoms with van der Waals surface area (Å²) in [6.45, 7) is 7.89. The molecule has 0 rings (SSSR count). The molecule has 0 aliphatic heterocycles. The molecule has 26 heavy (non-hydrogen) atoms. The van der Waals surface area contributed by atoms with E-state index in [1.54, 1.807) is 0 Å². The van der Waals surface area contributed by atoms with Crippen molar-refractivity contribution in [1.29, 1.82) is 0 Å². The maximum atomic E-state index is 10.3. The monoisotopic (exact) mass is 448 g/mol. The van der Waals surface area contributed by atoms with E-state index in [0.717, 1.165) is 38.5 Å². The van der Waals surface area contributed by atoms with E-state index in [4.69, 9.17) is 19.2 Å². The zero-order valence-corrected chi connectivity index (χ0v) is 20.2. The van der Waals surface area contributed by atoms with Gasteiger partial charge in [-0.2, -0.15) is 0 Å². The molecule has 2 atom stereocenters. The van der Waals surface area contributed by atoms with Crippen LogP contribution in [0, 0.1) is 11.8 Å². The van der Waals surface area contributed by atoms with E-state index >= 15 is 0 Å². The van der Waals surface area contributed by atoms with E-state index in [-0.39, 0.29) is 31.3 Å². The molecule has 0 aliphatic carbocycles. The number of hydrogen-bond donors (Lipinski definition) is 3. The summed E-state index contributed by atoms with van der Waals surface area (Å²) >= 11 is 0. The maximum Gasteiger partial charge on any atom is 2.00 e. The third-order valence-electron chi connectivity index (χ3n) is 3.46. The fourth-order valence-electron chi connectivity index (χ4n) is 1.88. The van der Waals surface area contributed by atoms with Crippen LogP contribution < -0.4 is 10.2 Å². The van der Waals surface area contributed by atoms with Gasteiger partial charge in [-0.25, -0.2) is 4.57 Å². The van der Waals surface area contributed by atoms with Crippen LogP contribution in [0.5, 0.6) is 0 Å². The molecule has 0 saturated heterocycles. The zero-order valence-electron chi connectivity index (χ0n) is 16.3. The van der Waals surface area contributed by atoms with Gasteiger partial charge in [0.15, 0.2) is 0 Å². The molecule has 0 fully saturated rings. The van der Waals surface area contributed by atoms with Crippen LogP contribution in [0.15, 0.2) is 0 Å². The van der Waals surface area contributed by atoms with Crippen molar-refractivity contribution in [3.05, 3.63) is 0 Å². The minimum absolute atomic E-state index is 0. The van der Waals surface area contributed by atoms with Crippen LogP contribution in [0.2, 0.25) is 0 Å². The van der Waals surface area contributed by atoms with Gasteiger partial charge in [-0.3, -0.25) is 0 Å². The predicted molar refractivity (Wildman–Crippen MR) is 90.9 cm³/mol. The molecule has 0 aromatic heterocycles. The van der Waals surface area contributed by atoms with Crippen molar-refractivity contribution in [2.75, 3.05) is 0 Å². The summed E-state index contributed by atoms with van der Waals surface area (Å²) in [6, 6.07) is 0. The average Bonchev–Trinajstić information content (AvgIpc) is 2.47. The predicted octanol–water partition coefficient (Wildman–Crippen LogP) is 0.974. The summed E-state index contributed by atoms with van der Waals surface area (Å²) in [5.74, 6) is -2.23. The van der Waals surface area contributed by atoms with E-state index in [2.05, 4.69) is 13.8 Å². The van der Waals surface area contributed by atoms with Crippen LogP contribution in [0.1, 0.15) is 79.1 Å². The molecule has 2 unspecified atom stereocenters. The second kappa shape index (κ2) is 21.0. The minimum atomic E-state index is -4.64. The van der Waals surface area contributed by atoms with E-state index in [1.807, 2.05) is 13.8 Å². The van der Waals surface area contributed by atoms with E-state index in [0.29, 0.717) is 12.8 Å². The van der Waals surface area contributed by atoms with E-state index < -0.39 is 19.8 Å². The molecule has 10 heteroatoms. The van der Waals surface area contributed by atoms with Crippen molar-refractivity contribution in [3.8, 4) is 0 Å². The van der Waals surface area contributed by atoms with Gasteiger partial charge >= 0.3 is 27.3 Å². The first-order chi connectivity index (χ1) is 11.4. The molecule has 152 valence electrons. The Bertz CT molecular complexity index is 352. The van der Waals surface area contributed by atoms with Crippen LogP contribution >= 0.6 is 7.82 Å². The first-order valence-corrected chi connectivity index (χ1v) is 10.2. The number of aliphatic carboxylic acids is 2. The number of carbonyl (C=O) groups excluding carboxylic acids is 2. The van der Waals surface area contributed by atoms with Crippen molar-refractivity contribution >= 4 is 19.8 Å². The second-order valence-corrected chi connectivity index (χ2v) is 6.67. The molecule has 8 nitrogen and oxygen atoms in total. The molecule has 0 bridgehead atoms. The van der Waals surface area contributed by atoms with Crippen molar-refractivity contribution in [2.45, 2.75) is 79.1 Å². The van der Waals surface area contributed by atoms with Gasteiger partial charge in [-0.1, -0.05) is 53.4 Å². The summed E-state index contributed by atoms with van der Waals surface area (Å²) in [6.07, 6.45) is 7.04. The molecule has 0 aromatic carbocycles. The molecule has 0 heterocycles. The van der Waals surface area contributed by atoms with Crippen molar-refractivity contribution in [2.24, 2.45) is 11.8 Å². The number of hydrogen-bond acceptors (Lipinski definition) is 5. The van der Waals surface area contributed by atoms with E-state index in [9.17, 15) is 19.8 Å². The Morgan fingerprint density at radius 2 is 1.04 bits per heavy atom. The molecular weight excluding hydrogens is 417 g/mol. The Morgan fingerprint density at radius 1 is 0.808 bits per heavy atom. The number of carboxylic acids is 2. The third-order valence-corrected chi connectivity index (χ3v) is 3.46. The summed E-state index contributed by atoms with van der Waals surface area (Å²) < 4.78 is 8.88. The van der Waals surface area contributed by atoms with Crippen LogP contribution in [0.3, 0.4) is 0 Å². The van der Waals surface area contributed by atoms with Crippen LogP contribution in [0.25, 0.3) is 0 Å². The Kier molecular flexibility index (Phi) is 26.8. The number of phosphoric acid groups is 1. The standard InChI is InChI=1S/2C8H16O2.H3O4P.Zn/c2*1-3-5-6-7(4-2)8(9)10;1-5(2,3)4;/h2*7H,3-6H2,1-2H3,(H,9,10);(H3,1,2,3,4);/q;;;+2/p-2. The van der Waals surface area contributed by atoms with Crippen LogP contribution in [-0.4, -0.2) is 26.6 Å². The summed E-state index contributed by atoms with van der Waals surface area (Å²) in [7, 11) is -4.64. The third kappa shape index (κ3) is 31.4. The normalized spacial score (nSPS) is 12.3. The van der Waals surface area contributed by atoms with E-state index in [1.165, 1.54) is 0 Å². The number of carboxylic acid groups (broad SMARTS) is 2. The van der Waals surface area contributed by atoms with Gasteiger partial charge in [0.05, 0.1) is 0 Å². The maximum absolute atomic E-state index is 10.3. The molecule has 0 radical (unpaired) electrons. The molecule has 0 aromatic rings. The first kappa shape index (κ1) is 33.3. The number of unbranched alkanes of at least 4 members (excludes halogenated alkanes) is 2. The Morgan fingerprint density at radius 3 is 1.15 bits per heavy atom. The molecule has 0 aliphatic rings. The molecule has 0 amide bonds. The molecule has 0 saturated carbocycles. The minimum Gasteiger partial charge on any atom is -0.550 e. The number of carbonyl (C=O) groups is 2. The molecular formula is C16H33O8PZn. The van der Waals surface area contributed by atoms with Gasteiger partial charge < -0.3 is 34.5 Å². The van der Waals surface area contributed by atoms with Gasteiger partial charge in [-0.05, 0) is 37.5 Å². The summed E-state index contributed by atoms with van der Waals surface area (Å²) in [4.78, 5) is 42.2. The largest absolute Gasteiger partial charge is 2.00 e. The smallest absolute Gasteiger partial charge is 0.550 e. The van der Waals surface area contributed by atoms with Crippen molar-refractivity contribution in [3.63, 3.8) is 0 Å². The topological polar surface area (TPSA) is 158 Å². The van der Waals surface area contributed by atoms with Gasteiger partial charge in [-0.15, -0.1) is 0 Å². The SMILES string of the molecule is CCCCC(CC)C(=O)[O-].CCCCC(CC)C(=O)[O-].O=P(O)(O)O.[Zn+2]. The second-order valence-electron chi connectivity index (χ2n) is 5.65. The van der Waals surface area contributed by atoms with Gasteiger partial charge in [0.25, 0.3) is 0 Å². The van der Waals surface area contributed by atoms with Gasteiger partial charge in [0.1, 0.15) is 0 Å². The van der Waals surface area contributed by atoms with Crippen LogP contribution in [0.4, 0.5) is 0 Å². The van der Waals surface area contributed by atoms with Crippen LogP contribution in [-0.2, 0) is 33.6 Å². The Balaban J connectivity index is -0.000000145. The first-order valence-electron chi connectivity index (χ1n) is 8.64. The fraction of sp³-hybridized carbons (Fsp3) is 0.875. The number of rotatable bonds is 10. The quantitative estimate of drug-likeness (QED) is 0.329. The summed E-state index contributed by atoms with van der Waals surface area (Å²) in [5, 5.41) is 20.7. The van der Waals surface area contributed by atoms with Gasteiger partial charge in [0.2, 0.25) is 0 Å². The van der Waals surface area contributed by atoms with Gasteiger partial charge in [0, 0.05) is 11.9 Å². The summed E-state index contributed by atoms with van der Waals surface area (Å²) in [5.41, 5.74) is 0. The average molecular weight is 450 g/mol. The zero-order chi connectivity index (χ0) is 20.5. The van der Waals surface area contributed by atoms with Crippen molar-refractivity contribution in [1.82, 2.24) is 0 Å². The molecule has 3 N–H and O–H groups in total. The Hall–Kier alpha value is -0.327.